The normalized spacial score (nSPS) is 9.86. The fourth-order valence-corrected chi connectivity index (χ4v) is 2.28. The fraction of sp³-hybridized carbons (Fsp3) is 0. The molecule has 0 N–H and O–H groups in total. The maximum atomic E-state index is 10.5. The van der Waals surface area contributed by atoms with Crippen molar-refractivity contribution in [2.45, 2.75) is 0 Å². The number of hydrogen-bond acceptors (Lipinski definition) is 4. The lowest BCUT2D eigenvalue weighted by molar-refractivity contribution is -0.390. The first-order chi connectivity index (χ1) is 6.43. The summed E-state index contributed by atoms with van der Waals surface area (Å²) in [5.41, 5.74) is -0.440. The van der Waals surface area contributed by atoms with Gasteiger partial charge in [-0.15, -0.1) is 0 Å². The second kappa shape index (κ2) is 4.01. The lowest BCUT2D eigenvalue weighted by atomic mass is 10.3. The lowest BCUT2D eigenvalue weighted by Crippen LogP contribution is -1.94. The van der Waals surface area contributed by atoms with E-state index < -0.39 is 9.85 Å². The maximum absolute atomic E-state index is 10.5. The molecule has 1 aromatic rings. The van der Waals surface area contributed by atoms with Crippen molar-refractivity contribution >= 4 is 43.2 Å². The first kappa shape index (κ1) is 11.1. The Kier molecular flexibility index (Phi) is 3.17. The van der Waals surface area contributed by atoms with Gasteiger partial charge in [-0.25, -0.2) is 0 Å². The smallest absolute Gasteiger partial charge is 0.258 e. The zero-order valence-electron chi connectivity index (χ0n) is 6.44. The van der Waals surface area contributed by atoms with Crippen molar-refractivity contribution in [2.75, 3.05) is 0 Å². The second-order valence-corrected chi connectivity index (χ2v) is 3.98. The molecule has 1 rings (SSSR count). The number of halogens is 2. The molecule has 0 fully saturated rings. The summed E-state index contributed by atoms with van der Waals surface area (Å²) >= 11 is 5.78. The molecule has 0 spiro atoms. The fourth-order valence-electron chi connectivity index (χ4n) is 0.832. The van der Waals surface area contributed by atoms with Gasteiger partial charge in [0.15, 0.2) is 0 Å². The molecule has 0 saturated carbocycles. The Balaban J connectivity index is 3.39. The number of nitrogens with zero attached hydrogens (tertiary/aromatic N) is 2. The Morgan fingerprint density at radius 1 is 1.00 bits per heavy atom. The summed E-state index contributed by atoms with van der Waals surface area (Å²) in [5, 5.41) is 20.9. The predicted molar refractivity (Wildman–Crippen MR) is 55.2 cm³/mol. The van der Waals surface area contributed by atoms with E-state index in [9.17, 15) is 20.2 Å². The molecule has 8 heteroatoms. The van der Waals surface area contributed by atoms with Gasteiger partial charge in [0.25, 0.3) is 11.4 Å². The Morgan fingerprint density at radius 2 is 1.43 bits per heavy atom. The number of hydrogen-bond donors (Lipinski definition) is 0. The Morgan fingerprint density at radius 3 is 1.71 bits per heavy atom. The largest absolute Gasteiger partial charge is 0.298 e. The summed E-state index contributed by atoms with van der Waals surface area (Å²) in [6.45, 7) is 0. The molecule has 0 aliphatic heterocycles. The van der Waals surface area contributed by atoms with Gasteiger partial charge in [-0.3, -0.25) is 20.2 Å². The van der Waals surface area contributed by atoms with Gasteiger partial charge in [-0.2, -0.15) is 0 Å². The van der Waals surface area contributed by atoms with Crippen molar-refractivity contribution in [3.8, 4) is 0 Å². The summed E-state index contributed by atoms with van der Waals surface area (Å²) in [6.07, 6.45) is 0. The standard InChI is InChI=1S/C6H2Br2N2O4/c7-4-1-3(9(11)12)2-5(8)6(4)10(13)14/h1-2H. The van der Waals surface area contributed by atoms with Gasteiger partial charge in [-0.05, 0) is 31.9 Å². The number of rotatable bonds is 2. The Hall–Kier alpha value is -1.02. The average molecular weight is 326 g/mol. The molecule has 0 aromatic heterocycles. The van der Waals surface area contributed by atoms with Gasteiger partial charge in [0.1, 0.15) is 8.95 Å². The van der Waals surface area contributed by atoms with Crippen molar-refractivity contribution in [3.05, 3.63) is 41.3 Å². The molecule has 0 unspecified atom stereocenters. The van der Waals surface area contributed by atoms with Crippen LogP contribution in [-0.4, -0.2) is 9.85 Å². The number of non-ortho nitro benzene ring substituents is 1. The van der Waals surface area contributed by atoms with Gasteiger partial charge in [0.05, 0.1) is 9.85 Å². The quantitative estimate of drug-likeness (QED) is 0.617. The zero-order valence-corrected chi connectivity index (χ0v) is 9.61. The highest BCUT2D eigenvalue weighted by Gasteiger charge is 2.21. The molecule has 0 atom stereocenters. The van der Waals surface area contributed by atoms with Crippen LogP contribution in [-0.2, 0) is 0 Å². The van der Waals surface area contributed by atoms with Gasteiger partial charge < -0.3 is 0 Å². The molecule has 6 nitrogen and oxygen atoms in total. The first-order valence-corrected chi connectivity index (χ1v) is 4.80. The van der Waals surface area contributed by atoms with Crippen LogP contribution in [0.5, 0.6) is 0 Å². The van der Waals surface area contributed by atoms with Gasteiger partial charge in [0, 0.05) is 12.1 Å². The lowest BCUT2D eigenvalue weighted by Gasteiger charge is -1.98. The minimum Gasteiger partial charge on any atom is -0.258 e. The summed E-state index contributed by atoms with van der Waals surface area (Å²) in [4.78, 5) is 19.6. The van der Waals surface area contributed by atoms with Crippen LogP contribution in [0.25, 0.3) is 0 Å². The highest BCUT2D eigenvalue weighted by molar-refractivity contribution is 9.11. The zero-order chi connectivity index (χ0) is 10.9. The molecule has 0 heterocycles. The molecule has 0 aliphatic rings. The van der Waals surface area contributed by atoms with Gasteiger partial charge >= 0.3 is 0 Å². The first-order valence-electron chi connectivity index (χ1n) is 3.21. The molecule has 0 bridgehead atoms. The number of nitro benzene ring substituents is 2. The van der Waals surface area contributed by atoms with E-state index in [1.165, 1.54) is 0 Å². The number of nitro groups is 2. The van der Waals surface area contributed by atoms with E-state index in [1.807, 2.05) is 0 Å². The second-order valence-electron chi connectivity index (χ2n) is 2.27. The van der Waals surface area contributed by atoms with E-state index in [1.54, 1.807) is 0 Å². The molecule has 0 saturated heterocycles. The highest BCUT2D eigenvalue weighted by atomic mass is 79.9. The minimum atomic E-state index is -0.627. The average Bonchev–Trinajstić information content (AvgIpc) is 2.01. The third kappa shape index (κ3) is 2.07. The molecule has 0 amide bonds. The van der Waals surface area contributed by atoms with Gasteiger partial charge in [0.2, 0.25) is 0 Å². The summed E-state index contributed by atoms with van der Waals surface area (Å²) < 4.78 is 0.146. The summed E-state index contributed by atoms with van der Waals surface area (Å²) in [6, 6.07) is 2.17. The molecule has 0 radical (unpaired) electrons. The molecule has 0 aliphatic carbocycles. The summed E-state index contributed by atoms with van der Waals surface area (Å²) in [5.74, 6) is 0. The van der Waals surface area contributed by atoms with E-state index in [4.69, 9.17) is 0 Å². The van der Waals surface area contributed by atoms with E-state index in [0.717, 1.165) is 12.1 Å². The third-order valence-corrected chi connectivity index (χ3v) is 2.60. The predicted octanol–water partition coefficient (Wildman–Crippen LogP) is 3.03. The van der Waals surface area contributed by atoms with Crippen molar-refractivity contribution in [3.63, 3.8) is 0 Å². The van der Waals surface area contributed by atoms with Crippen molar-refractivity contribution < 1.29 is 9.85 Å². The van der Waals surface area contributed by atoms with E-state index in [2.05, 4.69) is 31.9 Å². The van der Waals surface area contributed by atoms with Crippen molar-refractivity contribution in [1.29, 1.82) is 0 Å². The topological polar surface area (TPSA) is 86.3 Å². The molecule has 14 heavy (non-hydrogen) atoms. The number of benzene rings is 1. The minimum absolute atomic E-state index is 0.0728. The van der Waals surface area contributed by atoms with E-state index in [0.29, 0.717) is 0 Å². The van der Waals surface area contributed by atoms with Crippen LogP contribution in [0.2, 0.25) is 0 Å². The van der Waals surface area contributed by atoms with Crippen LogP contribution < -0.4 is 0 Å². The van der Waals surface area contributed by atoms with Crippen LogP contribution in [0, 0.1) is 20.2 Å². The monoisotopic (exact) mass is 324 g/mol. The summed E-state index contributed by atoms with van der Waals surface area (Å²) in [7, 11) is 0. The Labute approximate surface area is 94.5 Å². The maximum Gasteiger partial charge on any atom is 0.298 e. The van der Waals surface area contributed by atoms with Crippen LogP contribution >= 0.6 is 31.9 Å². The van der Waals surface area contributed by atoms with Crippen LogP contribution in [0.15, 0.2) is 21.1 Å². The van der Waals surface area contributed by atoms with Gasteiger partial charge in [-0.1, -0.05) is 0 Å². The Bertz CT molecular complexity index is 397. The highest BCUT2D eigenvalue weighted by Crippen LogP contribution is 2.36. The third-order valence-electron chi connectivity index (χ3n) is 1.40. The van der Waals surface area contributed by atoms with Crippen molar-refractivity contribution in [2.24, 2.45) is 0 Å². The molecular formula is C6H2Br2N2O4. The van der Waals surface area contributed by atoms with E-state index >= 15 is 0 Å². The SMILES string of the molecule is O=[N+]([O-])c1cc(Br)c([N+](=O)[O-])c(Br)c1. The van der Waals surface area contributed by atoms with Crippen LogP contribution in [0.1, 0.15) is 0 Å². The van der Waals surface area contributed by atoms with Crippen LogP contribution in [0.3, 0.4) is 0 Å². The van der Waals surface area contributed by atoms with E-state index in [-0.39, 0.29) is 20.3 Å². The molecule has 1 aromatic carbocycles. The van der Waals surface area contributed by atoms with Crippen molar-refractivity contribution in [1.82, 2.24) is 0 Å². The van der Waals surface area contributed by atoms with Crippen LogP contribution in [0.4, 0.5) is 11.4 Å². The molecular weight excluding hydrogens is 324 g/mol. The molecule has 74 valence electrons.